The van der Waals surface area contributed by atoms with Gasteiger partial charge in [-0.05, 0) is 43.0 Å². The molecule has 7 nitrogen and oxygen atoms in total. The number of hydrogen-bond acceptors (Lipinski definition) is 6. The number of thiophene rings is 1. The standard InChI is InChI=1S/C16H20N4O3S2/c21-13(22)8-20(7-9-1-2-9)11-5-10(6-11)17-15(23)19-16-18-12-3-4-24-14(12)25-16/h3-4,9-11H,1-2,5-8H2,(H,21,22)(H2,17,18,19,23). The summed E-state index contributed by atoms with van der Waals surface area (Å²) in [5.74, 6) is -0.119. The van der Waals surface area contributed by atoms with Crippen LogP contribution >= 0.6 is 22.7 Å². The maximum Gasteiger partial charge on any atom is 0.321 e. The quantitative estimate of drug-likeness (QED) is 0.687. The Hall–Kier alpha value is -1.71. The molecule has 2 aromatic heterocycles. The van der Waals surface area contributed by atoms with E-state index in [2.05, 4.69) is 20.5 Å². The number of urea groups is 1. The van der Waals surface area contributed by atoms with Gasteiger partial charge in [0.15, 0.2) is 5.13 Å². The second-order valence-corrected chi connectivity index (χ2v) is 8.97. The van der Waals surface area contributed by atoms with Gasteiger partial charge < -0.3 is 10.4 Å². The number of rotatable bonds is 7. The van der Waals surface area contributed by atoms with Crippen LogP contribution in [-0.4, -0.2) is 52.2 Å². The van der Waals surface area contributed by atoms with Gasteiger partial charge in [-0.3, -0.25) is 15.0 Å². The Morgan fingerprint density at radius 1 is 1.36 bits per heavy atom. The van der Waals surface area contributed by atoms with Crippen LogP contribution in [0, 0.1) is 5.92 Å². The predicted octanol–water partition coefficient (Wildman–Crippen LogP) is 2.81. The number of aromatic nitrogens is 1. The van der Waals surface area contributed by atoms with Gasteiger partial charge in [0.1, 0.15) is 4.01 Å². The molecular weight excluding hydrogens is 360 g/mol. The summed E-state index contributed by atoms with van der Waals surface area (Å²) < 4.78 is 1.10. The first-order valence-electron chi connectivity index (χ1n) is 8.44. The second kappa shape index (κ2) is 6.89. The molecule has 3 N–H and O–H groups in total. The number of hydrogen-bond donors (Lipinski definition) is 3. The van der Waals surface area contributed by atoms with Crippen molar-refractivity contribution in [2.24, 2.45) is 5.92 Å². The molecule has 2 aliphatic rings. The number of aliphatic carboxylic acids is 1. The lowest BCUT2D eigenvalue weighted by Gasteiger charge is -2.42. The third-order valence-corrected chi connectivity index (χ3v) is 6.75. The molecule has 0 radical (unpaired) electrons. The summed E-state index contributed by atoms with van der Waals surface area (Å²) in [5.41, 5.74) is 0.915. The highest BCUT2D eigenvalue weighted by Crippen LogP contribution is 2.34. The van der Waals surface area contributed by atoms with Crippen molar-refractivity contribution in [3.8, 4) is 0 Å². The Labute approximate surface area is 153 Å². The van der Waals surface area contributed by atoms with Crippen LogP contribution < -0.4 is 10.6 Å². The van der Waals surface area contributed by atoms with Crippen LogP contribution in [0.2, 0.25) is 0 Å². The van der Waals surface area contributed by atoms with Crippen molar-refractivity contribution < 1.29 is 14.7 Å². The minimum absolute atomic E-state index is 0.0932. The third kappa shape index (κ3) is 4.10. The van der Waals surface area contributed by atoms with Gasteiger partial charge >= 0.3 is 12.0 Å². The first-order valence-corrected chi connectivity index (χ1v) is 10.1. The van der Waals surface area contributed by atoms with Gasteiger partial charge in [0.05, 0.1) is 12.1 Å². The number of carbonyl (C=O) groups excluding carboxylic acids is 1. The molecule has 0 aliphatic heterocycles. The van der Waals surface area contributed by atoms with E-state index in [1.54, 1.807) is 11.3 Å². The van der Waals surface area contributed by atoms with Crippen LogP contribution in [0.3, 0.4) is 0 Å². The highest BCUT2D eigenvalue weighted by molar-refractivity contribution is 7.39. The van der Waals surface area contributed by atoms with E-state index in [0.717, 1.165) is 28.9 Å². The van der Waals surface area contributed by atoms with E-state index in [9.17, 15) is 9.59 Å². The van der Waals surface area contributed by atoms with E-state index in [0.29, 0.717) is 11.0 Å². The molecule has 0 spiro atoms. The summed E-state index contributed by atoms with van der Waals surface area (Å²) in [5, 5.41) is 17.4. The van der Waals surface area contributed by atoms with Crippen LogP contribution in [0.4, 0.5) is 9.93 Å². The molecule has 2 saturated carbocycles. The van der Waals surface area contributed by atoms with Crippen molar-refractivity contribution >= 4 is 49.3 Å². The topological polar surface area (TPSA) is 94.6 Å². The first-order chi connectivity index (χ1) is 12.1. The zero-order valence-corrected chi connectivity index (χ0v) is 15.2. The molecule has 134 valence electrons. The van der Waals surface area contributed by atoms with Gasteiger partial charge in [-0.15, -0.1) is 11.3 Å². The lowest BCUT2D eigenvalue weighted by molar-refractivity contribution is -0.139. The van der Waals surface area contributed by atoms with Gasteiger partial charge in [0.25, 0.3) is 0 Å². The number of carboxylic acid groups (broad SMARTS) is 1. The van der Waals surface area contributed by atoms with Crippen LogP contribution in [0.5, 0.6) is 0 Å². The lowest BCUT2D eigenvalue weighted by atomic mass is 9.85. The molecule has 2 fully saturated rings. The molecule has 2 aliphatic carbocycles. The Kier molecular flexibility index (Phi) is 4.61. The van der Waals surface area contributed by atoms with E-state index in [1.165, 1.54) is 24.2 Å². The lowest BCUT2D eigenvalue weighted by Crippen LogP contribution is -2.55. The van der Waals surface area contributed by atoms with Crippen molar-refractivity contribution in [3.63, 3.8) is 0 Å². The predicted molar refractivity (Wildman–Crippen MR) is 98.4 cm³/mol. The summed E-state index contributed by atoms with van der Waals surface area (Å²) in [7, 11) is 0. The van der Waals surface area contributed by atoms with E-state index in [-0.39, 0.29) is 24.7 Å². The number of anilines is 1. The number of carbonyl (C=O) groups is 2. The van der Waals surface area contributed by atoms with Crippen molar-refractivity contribution in [1.82, 2.24) is 15.2 Å². The average molecular weight is 380 g/mol. The minimum atomic E-state index is -0.779. The SMILES string of the molecule is O=C(O)CN(CC1CC1)C1CC(NC(=O)Nc2nc3ccsc3s2)C1. The molecule has 2 amide bonds. The summed E-state index contributed by atoms with van der Waals surface area (Å²) in [6, 6.07) is 2.05. The Morgan fingerprint density at radius 2 is 2.16 bits per heavy atom. The summed E-state index contributed by atoms with van der Waals surface area (Å²) in [4.78, 5) is 29.6. The molecule has 0 unspecified atom stereocenters. The monoisotopic (exact) mass is 380 g/mol. The fourth-order valence-corrected chi connectivity index (χ4v) is 5.02. The zero-order chi connectivity index (χ0) is 17.4. The molecule has 25 heavy (non-hydrogen) atoms. The van der Waals surface area contributed by atoms with Crippen LogP contribution in [0.15, 0.2) is 11.4 Å². The van der Waals surface area contributed by atoms with E-state index >= 15 is 0 Å². The molecule has 9 heteroatoms. The number of thiazole rings is 1. The van der Waals surface area contributed by atoms with Gasteiger partial charge in [0, 0.05) is 18.6 Å². The molecule has 0 saturated heterocycles. The maximum absolute atomic E-state index is 12.1. The first kappa shape index (κ1) is 16.7. The van der Waals surface area contributed by atoms with E-state index in [1.807, 2.05) is 11.4 Å². The normalized spacial score (nSPS) is 22.8. The van der Waals surface area contributed by atoms with Crippen molar-refractivity contribution in [3.05, 3.63) is 11.4 Å². The van der Waals surface area contributed by atoms with Crippen LogP contribution in [-0.2, 0) is 4.79 Å². The highest BCUT2D eigenvalue weighted by Gasteiger charge is 2.37. The third-order valence-electron chi connectivity index (χ3n) is 4.73. The van der Waals surface area contributed by atoms with Gasteiger partial charge in [-0.2, -0.15) is 0 Å². The van der Waals surface area contributed by atoms with Gasteiger partial charge in [-0.25, -0.2) is 9.78 Å². The number of nitrogens with one attached hydrogen (secondary N) is 2. The molecular formula is C16H20N4O3S2. The fraction of sp³-hybridized carbons (Fsp3) is 0.562. The van der Waals surface area contributed by atoms with Crippen molar-refractivity contribution in [1.29, 1.82) is 0 Å². The second-order valence-electron chi connectivity index (χ2n) is 6.80. The molecule has 2 heterocycles. The van der Waals surface area contributed by atoms with Crippen LogP contribution in [0.25, 0.3) is 9.53 Å². The molecule has 4 rings (SSSR count). The molecule has 2 aromatic rings. The van der Waals surface area contributed by atoms with Crippen molar-refractivity contribution in [2.45, 2.75) is 37.8 Å². The van der Waals surface area contributed by atoms with E-state index in [4.69, 9.17) is 5.11 Å². The molecule has 0 atom stereocenters. The van der Waals surface area contributed by atoms with Gasteiger partial charge in [-0.1, -0.05) is 11.3 Å². The summed E-state index contributed by atoms with van der Waals surface area (Å²) in [6.45, 7) is 0.960. The zero-order valence-electron chi connectivity index (χ0n) is 13.6. The number of fused-ring (bicyclic) bond motifs is 1. The highest BCUT2D eigenvalue weighted by atomic mass is 32.2. The maximum atomic E-state index is 12.1. The molecule has 0 aromatic carbocycles. The minimum Gasteiger partial charge on any atom is -0.480 e. The largest absolute Gasteiger partial charge is 0.480 e. The number of nitrogens with zero attached hydrogens (tertiary/aromatic N) is 2. The molecule has 0 bridgehead atoms. The fourth-order valence-electron chi connectivity index (χ4n) is 3.19. The van der Waals surface area contributed by atoms with Crippen molar-refractivity contribution in [2.75, 3.05) is 18.4 Å². The number of carboxylic acids is 1. The Bertz CT molecular complexity index is 751. The average Bonchev–Trinajstić information content (AvgIpc) is 3.06. The number of amides is 2. The van der Waals surface area contributed by atoms with Crippen LogP contribution in [0.1, 0.15) is 25.7 Å². The van der Waals surface area contributed by atoms with Gasteiger partial charge in [0.2, 0.25) is 0 Å². The Balaban J connectivity index is 1.24. The Morgan fingerprint density at radius 3 is 2.84 bits per heavy atom. The smallest absolute Gasteiger partial charge is 0.321 e. The summed E-state index contributed by atoms with van der Waals surface area (Å²) in [6.07, 6.45) is 4.02. The van der Waals surface area contributed by atoms with E-state index < -0.39 is 5.97 Å². The summed E-state index contributed by atoms with van der Waals surface area (Å²) >= 11 is 3.09.